The molecular formula is C23H27N5O6. The van der Waals surface area contributed by atoms with Crippen molar-refractivity contribution in [3.8, 4) is 11.4 Å². The van der Waals surface area contributed by atoms with Gasteiger partial charge in [-0.25, -0.2) is 9.97 Å². The van der Waals surface area contributed by atoms with Crippen molar-refractivity contribution >= 4 is 23.8 Å². The minimum absolute atomic E-state index is 0.0678. The van der Waals surface area contributed by atoms with E-state index >= 15 is 0 Å². The summed E-state index contributed by atoms with van der Waals surface area (Å²) in [5, 5.41) is 13.2. The molecule has 11 heteroatoms. The van der Waals surface area contributed by atoms with Crippen molar-refractivity contribution < 1.29 is 29.1 Å². The van der Waals surface area contributed by atoms with Crippen molar-refractivity contribution in [2.24, 2.45) is 0 Å². The lowest BCUT2D eigenvalue weighted by Gasteiger charge is -2.35. The molecule has 11 nitrogen and oxygen atoms in total. The quantitative estimate of drug-likeness (QED) is 0.552. The zero-order valence-corrected chi connectivity index (χ0v) is 18.8. The number of carboxylic acid groups (broad SMARTS) is 1. The Balaban J connectivity index is 1.68. The van der Waals surface area contributed by atoms with Crippen LogP contribution in [0.15, 0.2) is 42.6 Å². The van der Waals surface area contributed by atoms with Crippen LogP contribution < -0.4 is 5.32 Å². The van der Waals surface area contributed by atoms with Gasteiger partial charge in [0.1, 0.15) is 11.7 Å². The number of aliphatic carboxylic acids is 1. The topological polar surface area (TPSA) is 142 Å². The highest BCUT2D eigenvalue weighted by atomic mass is 16.7. The first-order valence-electron chi connectivity index (χ1n) is 11.0. The number of rotatable bonds is 9. The number of carbonyl (C=O) groups is 4. The minimum Gasteiger partial charge on any atom is -0.481 e. The number of hydrogen-bond donors (Lipinski definition) is 2. The Morgan fingerprint density at radius 3 is 2.44 bits per heavy atom. The van der Waals surface area contributed by atoms with Crippen LogP contribution in [0.5, 0.6) is 0 Å². The van der Waals surface area contributed by atoms with Gasteiger partial charge in [-0.15, -0.1) is 5.06 Å². The maximum absolute atomic E-state index is 13.1. The van der Waals surface area contributed by atoms with E-state index in [0.717, 1.165) is 5.56 Å². The van der Waals surface area contributed by atoms with Crippen LogP contribution in [0.2, 0.25) is 0 Å². The Hall–Kier alpha value is -3.86. The summed E-state index contributed by atoms with van der Waals surface area (Å²) >= 11 is 0. The van der Waals surface area contributed by atoms with Crippen molar-refractivity contribution in [3.63, 3.8) is 0 Å². The number of nitrogens with zero attached hydrogens (tertiary/aromatic N) is 4. The Bertz CT molecular complexity index is 1020. The number of hydroxylamine groups is 2. The molecule has 1 aromatic heterocycles. The second kappa shape index (κ2) is 11.8. The lowest BCUT2D eigenvalue weighted by atomic mass is 10.1. The fourth-order valence-electron chi connectivity index (χ4n) is 3.40. The minimum atomic E-state index is -1.07. The van der Waals surface area contributed by atoms with Gasteiger partial charge in [0, 0.05) is 37.7 Å². The molecule has 1 aliphatic rings. The second-order valence-electron chi connectivity index (χ2n) is 7.66. The molecule has 2 heterocycles. The van der Waals surface area contributed by atoms with Crippen LogP contribution in [0, 0.1) is 0 Å². The van der Waals surface area contributed by atoms with Gasteiger partial charge in [0.15, 0.2) is 5.82 Å². The molecular weight excluding hydrogens is 442 g/mol. The van der Waals surface area contributed by atoms with E-state index in [2.05, 4.69) is 15.3 Å². The summed E-state index contributed by atoms with van der Waals surface area (Å²) in [6, 6.07) is 9.53. The van der Waals surface area contributed by atoms with E-state index in [-0.39, 0.29) is 44.0 Å². The van der Waals surface area contributed by atoms with E-state index in [1.54, 1.807) is 6.92 Å². The number of carbonyl (C=O) groups excluding carboxylic acids is 3. The van der Waals surface area contributed by atoms with Gasteiger partial charge in [0.2, 0.25) is 5.91 Å². The van der Waals surface area contributed by atoms with Crippen molar-refractivity contribution in [1.82, 2.24) is 25.2 Å². The Morgan fingerprint density at radius 1 is 1.09 bits per heavy atom. The van der Waals surface area contributed by atoms with Crippen molar-refractivity contribution in [3.05, 3.63) is 48.3 Å². The molecule has 1 saturated heterocycles. The molecule has 0 unspecified atom stereocenters. The fraction of sp³-hybridized carbons (Fsp3) is 0.391. The summed E-state index contributed by atoms with van der Waals surface area (Å²) in [4.78, 5) is 63.8. The third-order valence-electron chi connectivity index (χ3n) is 5.24. The van der Waals surface area contributed by atoms with Crippen LogP contribution in [0.1, 0.15) is 36.7 Å². The van der Waals surface area contributed by atoms with E-state index in [4.69, 9.17) is 9.94 Å². The van der Waals surface area contributed by atoms with Crippen LogP contribution in [0.4, 0.5) is 0 Å². The molecule has 2 aromatic rings. The molecule has 1 atom stereocenters. The number of benzene rings is 1. The summed E-state index contributed by atoms with van der Waals surface area (Å²) in [6.07, 6.45) is 1.35. The normalized spacial score (nSPS) is 14.8. The van der Waals surface area contributed by atoms with Gasteiger partial charge in [0.05, 0.1) is 13.1 Å². The Kier molecular flexibility index (Phi) is 8.63. The lowest BCUT2D eigenvalue weighted by molar-refractivity contribution is -0.197. The van der Waals surface area contributed by atoms with Gasteiger partial charge in [-0.05, 0) is 12.5 Å². The van der Waals surface area contributed by atoms with Crippen LogP contribution in [0.25, 0.3) is 11.4 Å². The van der Waals surface area contributed by atoms with Gasteiger partial charge >= 0.3 is 11.9 Å². The van der Waals surface area contributed by atoms with Crippen molar-refractivity contribution in [1.29, 1.82) is 0 Å². The monoisotopic (exact) mass is 469 g/mol. The highest BCUT2D eigenvalue weighted by molar-refractivity contribution is 5.96. The Morgan fingerprint density at radius 2 is 1.79 bits per heavy atom. The first kappa shape index (κ1) is 24.8. The first-order valence-corrected chi connectivity index (χ1v) is 11.0. The molecule has 1 aromatic carbocycles. The third-order valence-corrected chi connectivity index (χ3v) is 5.24. The molecule has 0 spiro atoms. The SMILES string of the molecule is CCC(=O)ON1CCN(C(=O)[C@H](CCC(=O)O)NC(=O)c2ccnc(-c3ccccc3)n2)CC1. The smallest absolute Gasteiger partial charge is 0.324 e. The molecule has 34 heavy (non-hydrogen) atoms. The fourth-order valence-corrected chi connectivity index (χ4v) is 3.40. The standard InChI is InChI=1S/C23H27N5O6/c1-2-20(31)34-28-14-12-27(13-15-28)23(33)18(8-9-19(29)30)26-22(32)17-10-11-24-21(25-17)16-6-4-3-5-7-16/h3-7,10-11,18H,2,8-9,12-15H2,1H3,(H,26,32)(H,29,30)/t18-/m0/s1. The maximum Gasteiger partial charge on any atom is 0.324 e. The number of aromatic nitrogens is 2. The van der Waals surface area contributed by atoms with E-state index < -0.39 is 23.8 Å². The molecule has 1 aliphatic heterocycles. The number of carboxylic acids is 1. The van der Waals surface area contributed by atoms with Crippen LogP contribution >= 0.6 is 0 Å². The van der Waals surface area contributed by atoms with Gasteiger partial charge < -0.3 is 20.2 Å². The van der Waals surface area contributed by atoms with E-state index in [9.17, 15) is 19.2 Å². The summed E-state index contributed by atoms with van der Waals surface area (Å²) in [7, 11) is 0. The maximum atomic E-state index is 13.1. The second-order valence-corrected chi connectivity index (χ2v) is 7.66. The number of amides is 2. The van der Waals surface area contributed by atoms with E-state index in [0.29, 0.717) is 18.9 Å². The summed E-state index contributed by atoms with van der Waals surface area (Å²) < 4.78 is 0. The summed E-state index contributed by atoms with van der Waals surface area (Å²) in [6.45, 7) is 2.90. The van der Waals surface area contributed by atoms with Gasteiger partial charge in [-0.2, -0.15) is 0 Å². The molecule has 1 fully saturated rings. The van der Waals surface area contributed by atoms with E-state index in [1.165, 1.54) is 22.2 Å². The highest BCUT2D eigenvalue weighted by Crippen LogP contribution is 2.14. The van der Waals surface area contributed by atoms with Crippen LogP contribution in [0.3, 0.4) is 0 Å². The summed E-state index contributed by atoms with van der Waals surface area (Å²) in [5.41, 5.74) is 0.801. The van der Waals surface area contributed by atoms with Crippen LogP contribution in [-0.4, -0.2) is 81.0 Å². The zero-order chi connectivity index (χ0) is 24.5. The summed E-state index contributed by atoms with van der Waals surface area (Å²) in [5.74, 6) is -2.06. The van der Waals surface area contributed by atoms with Crippen molar-refractivity contribution in [2.75, 3.05) is 26.2 Å². The molecule has 2 N–H and O–H groups in total. The van der Waals surface area contributed by atoms with Gasteiger partial charge in [0.25, 0.3) is 5.91 Å². The lowest BCUT2D eigenvalue weighted by Crippen LogP contribution is -2.55. The number of piperazine rings is 1. The first-order chi connectivity index (χ1) is 16.4. The third kappa shape index (κ3) is 6.82. The Labute approximate surface area is 196 Å². The van der Waals surface area contributed by atoms with Crippen LogP contribution in [-0.2, 0) is 19.2 Å². The van der Waals surface area contributed by atoms with Gasteiger partial charge in [-0.3, -0.25) is 19.2 Å². The number of hydrogen-bond acceptors (Lipinski definition) is 8. The molecule has 0 radical (unpaired) electrons. The zero-order valence-electron chi connectivity index (χ0n) is 18.8. The number of nitrogens with one attached hydrogen (secondary N) is 1. The molecule has 2 amide bonds. The highest BCUT2D eigenvalue weighted by Gasteiger charge is 2.30. The average Bonchev–Trinajstić information content (AvgIpc) is 2.86. The largest absolute Gasteiger partial charge is 0.481 e. The molecule has 0 bridgehead atoms. The average molecular weight is 469 g/mol. The van der Waals surface area contributed by atoms with Crippen molar-refractivity contribution in [2.45, 2.75) is 32.2 Å². The molecule has 0 aliphatic carbocycles. The van der Waals surface area contributed by atoms with E-state index in [1.807, 2.05) is 30.3 Å². The molecule has 0 saturated carbocycles. The predicted octanol–water partition coefficient (Wildman–Crippen LogP) is 1.12. The van der Waals surface area contributed by atoms with Gasteiger partial charge in [-0.1, -0.05) is 37.3 Å². The predicted molar refractivity (Wildman–Crippen MR) is 120 cm³/mol. The molecule has 180 valence electrons. The molecule has 3 rings (SSSR count).